The molecule has 0 aliphatic heterocycles. The second-order valence-electron chi connectivity index (χ2n) is 3.66. The summed E-state index contributed by atoms with van der Waals surface area (Å²) in [5.74, 6) is -0.675. The van der Waals surface area contributed by atoms with E-state index < -0.39 is 10.0 Å². The fourth-order valence-corrected chi connectivity index (χ4v) is 1.60. The predicted octanol–water partition coefficient (Wildman–Crippen LogP) is -0.313. The number of nitrogen functional groups attached to an aromatic ring is 1. The van der Waals surface area contributed by atoms with Gasteiger partial charge in [-0.25, -0.2) is 13.6 Å². The molecule has 0 aliphatic rings. The standard InChI is InChI=1S/C11H15N3O3S/c12-10-3-1-2-9(8-10)4-5-11(15)14-6-7-18(13,16)17/h1-5,8H,6-7,12H2,(H,14,15)(H2,13,16,17)/b5-4+. The minimum Gasteiger partial charge on any atom is -0.399 e. The molecule has 0 saturated carbocycles. The Balaban J connectivity index is 2.45. The Bertz CT molecular complexity index is 552. The van der Waals surface area contributed by atoms with Crippen LogP contribution < -0.4 is 16.2 Å². The van der Waals surface area contributed by atoms with E-state index in [0.29, 0.717) is 5.69 Å². The molecule has 1 rings (SSSR count). The average molecular weight is 269 g/mol. The summed E-state index contributed by atoms with van der Waals surface area (Å²) in [6.45, 7) is -0.0149. The quantitative estimate of drug-likeness (QED) is 0.502. The Morgan fingerprint density at radius 3 is 2.72 bits per heavy atom. The Morgan fingerprint density at radius 2 is 2.11 bits per heavy atom. The van der Waals surface area contributed by atoms with Crippen LogP contribution in [-0.2, 0) is 14.8 Å². The van der Waals surface area contributed by atoms with E-state index in [-0.39, 0.29) is 18.2 Å². The Kier molecular flexibility index (Phi) is 4.87. The SMILES string of the molecule is Nc1cccc(/C=C/C(=O)NCCS(N)(=O)=O)c1. The molecule has 0 radical (unpaired) electrons. The van der Waals surface area contributed by atoms with Crippen LogP contribution in [0.1, 0.15) is 5.56 Å². The normalized spacial score (nSPS) is 11.6. The van der Waals surface area contributed by atoms with Gasteiger partial charge in [0, 0.05) is 18.3 Å². The van der Waals surface area contributed by atoms with Crippen molar-refractivity contribution in [3.8, 4) is 0 Å². The van der Waals surface area contributed by atoms with Crippen molar-refractivity contribution >= 4 is 27.7 Å². The number of anilines is 1. The molecule has 0 heterocycles. The molecule has 0 unspecified atom stereocenters. The molecule has 0 saturated heterocycles. The summed E-state index contributed by atoms with van der Waals surface area (Å²) < 4.78 is 21.2. The summed E-state index contributed by atoms with van der Waals surface area (Å²) in [4.78, 5) is 11.3. The first-order chi connectivity index (χ1) is 8.37. The molecule has 0 bridgehead atoms. The third-order valence-electron chi connectivity index (χ3n) is 2.02. The van der Waals surface area contributed by atoms with E-state index in [0.717, 1.165) is 5.56 Å². The van der Waals surface area contributed by atoms with E-state index in [2.05, 4.69) is 5.32 Å². The second-order valence-corrected chi connectivity index (χ2v) is 5.40. The van der Waals surface area contributed by atoms with Gasteiger partial charge in [0.15, 0.2) is 0 Å². The van der Waals surface area contributed by atoms with Crippen LogP contribution in [0.3, 0.4) is 0 Å². The van der Waals surface area contributed by atoms with Crippen molar-refractivity contribution in [2.45, 2.75) is 0 Å². The first kappa shape index (κ1) is 14.2. The molecule has 6 nitrogen and oxygen atoms in total. The van der Waals surface area contributed by atoms with Crippen molar-refractivity contribution in [1.82, 2.24) is 5.32 Å². The van der Waals surface area contributed by atoms with Crippen molar-refractivity contribution < 1.29 is 13.2 Å². The summed E-state index contributed by atoms with van der Waals surface area (Å²) >= 11 is 0. The monoisotopic (exact) mass is 269 g/mol. The van der Waals surface area contributed by atoms with E-state index in [4.69, 9.17) is 10.9 Å². The molecule has 0 aliphatic carbocycles. The number of nitrogens with one attached hydrogen (secondary N) is 1. The van der Waals surface area contributed by atoms with Crippen LogP contribution in [0.15, 0.2) is 30.3 Å². The van der Waals surface area contributed by atoms with Crippen molar-refractivity contribution in [1.29, 1.82) is 0 Å². The fourth-order valence-electron chi connectivity index (χ4n) is 1.21. The van der Waals surface area contributed by atoms with E-state index in [1.807, 2.05) is 0 Å². The molecule has 1 amide bonds. The van der Waals surface area contributed by atoms with Gasteiger partial charge in [0.2, 0.25) is 15.9 Å². The van der Waals surface area contributed by atoms with Gasteiger partial charge in [-0.3, -0.25) is 4.79 Å². The van der Waals surface area contributed by atoms with Gasteiger partial charge >= 0.3 is 0 Å². The summed E-state index contributed by atoms with van der Waals surface area (Å²) in [6, 6.07) is 7.02. The lowest BCUT2D eigenvalue weighted by molar-refractivity contribution is -0.116. The van der Waals surface area contributed by atoms with Crippen LogP contribution in [0.5, 0.6) is 0 Å². The van der Waals surface area contributed by atoms with Gasteiger partial charge < -0.3 is 11.1 Å². The highest BCUT2D eigenvalue weighted by atomic mass is 32.2. The fraction of sp³-hybridized carbons (Fsp3) is 0.182. The summed E-state index contributed by atoms with van der Waals surface area (Å²) in [6.07, 6.45) is 2.89. The molecule has 0 fully saturated rings. The van der Waals surface area contributed by atoms with E-state index >= 15 is 0 Å². The van der Waals surface area contributed by atoms with Crippen LogP contribution in [0.2, 0.25) is 0 Å². The molecule has 1 aromatic rings. The number of carbonyl (C=O) groups excluding carboxylic acids is 1. The van der Waals surface area contributed by atoms with Crippen LogP contribution in [0.4, 0.5) is 5.69 Å². The molecule has 98 valence electrons. The number of hydrogen-bond donors (Lipinski definition) is 3. The highest BCUT2D eigenvalue weighted by molar-refractivity contribution is 7.89. The number of sulfonamides is 1. The maximum absolute atomic E-state index is 11.3. The molecule has 18 heavy (non-hydrogen) atoms. The molecule has 5 N–H and O–H groups in total. The average Bonchev–Trinajstić information content (AvgIpc) is 2.25. The first-order valence-corrected chi connectivity index (χ1v) is 6.90. The van der Waals surface area contributed by atoms with Crippen molar-refractivity contribution in [3.63, 3.8) is 0 Å². The minimum atomic E-state index is -3.55. The van der Waals surface area contributed by atoms with Gasteiger partial charge in [0.1, 0.15) is 0 Å². The van der Waals surface area contributed by atoms with Crippen molar-refractivity contribution in [2.75, 3.05) is 18.0 Å². The van der Waals surface area contributed by atoms with Gasteiger partial charge in [-0.15, -0.1) is 0 Å². The highest BCUT2D eigenvalue weighted by Gasteiger charge is 2.02. The van der Waals surface area contributed by atoms with Crippen LogP contribution in [-0.4, -0.2) is 26.6 Å². The smallest absolute Gasteiger partial charge is 0.244 e. The van der Waals surface area contributed by atoms with Crippen molar-refractivity contribution in [3.05, 3.63) is 35.9 Å². The summed E-state index contributed by atoms with van der Waals surface area (Å²) in [5.41, 5.74) is 6.97. The Hall–Kier alpha value is -1.86. The lowest BCUT2D eigenvalue weighted by atomic mass is 10.2. The largest absolute Gasteiger partial charge is 0.399 e. The lowest BCUT2D eigenvalue weighted by Gasteiger charge is -2.00. The van der Waals surface area contributed by atoms with Gasteiger partial charge in [0.05, 0.1) is 5.75 Å². The maximum Gasteiger partial charge on any atom is 0.244 e. The van der Waals surface area contributed by atoms with Gasteiger partial charge in [-0.2, -0.15) is 0 Å². The van der Waals surface area contributed by atoms with E-state index in [9.17, 15) is 13.2 Å². The molecular weight excluding hydrogens is 254 g/mol. The third kappa shape index (κ3) is 6.02. The third-order valence-corrected chi connectivity index (χ3v) is 2.80. The number of nitrogens with two attached hydrogens (primary N) is 2. The van der Waals surface area contributed by atoms with Crippen LogP contribution in [0.25, 0.3) is 6.08 Å². The molecule has 0 spiro atoms. The zero-order valence-corrected chi connectivity index (χ0v) is 10.5. The number of carbonyl (C=O) groups is 1. The topological polar surface area (TPSA) is 115 Å². The number of hydrogen-bond acceptors (Lipinski definition) is 4. The van der Waals surface area contributed by atoms with Gasteiger partial charge in [0.25, 0.3) is 0 Å². The van der Waals surface area contributed by atoms with Crippen molar-refractivity contribution in [2.24, 2.45) is 5.14 Å². The number of benzene rings is 1. The van der Waals surface area contributed by atoms with Gasteiger partial charge in [-0.1, -0.05) is 12.1 Å². The molecule has 7 heteroatoms. The molecule has 0 aromatic heterocycles. The zero-order chi connectivity index (χ0) is 13.6. The van der Waals surface area contributed by atoms with E-state index in [1.165, 1.54) is 6.08 Å². The number of rotatable bonds is 5. The number of primary sulfonamides is 1. The van der Waals surface area contributed by atoms with Crippen LogP contribution >= 0.6 is 0 Å². The summed E-state index contributed by atoms with van der Waals surface area (Å²) in [5, 5.41) is 7.20. The van der Waals surface area contributed by atoms with E-state index in [1.54, 1.807) is 30.3 Å². The number of amides is 1. The molecule has 1 aromatic carbocycles. The minimum absolute atomic E-state index is 0.0149. The lowest BCUT2D eigenvalue weighted by Crippen LogP contribution is -2.30. The zero-order valence-electron chi connectivity index (χ0n) is 9.67. The Morgan fingerprint density at radius 1 is 1.39 bits per heavy atom. The highest BCUT2D eigenvalue weighted by Crippen LogP contribution is 2.07. The van der Waals surface area contributed by atoms with Gasteiger partial charge in [-0.05, 0) is 23.8 Å². The van der Waals surface area contributed by atoms with Crippen LogP contribution in [0, 0.1) is 0 Å². The maximum atomic E-state index is 11.3. The molecule has 0 atom stereocenters. The Labute approximate surface area is 106 Å². The predicted molar refractivity (Wildman–Crippen MR) is 70.9 cm³/mol. The second kappa shape index (κ2) is 6.18. The first-order valence-electron chi connectivity index (χ1n) is 5.19. The molecular formula is C11H15N3O3S. The summed E-state index contributed by atoms with van der Waals surface area (Å²) in [7, 11) is -3.55.